The van der Waals surface area contributed by atoms with Crippen molar-refractivity contribution in [3.63, 3.8) is 0 Å². The van der Waals surface area contributed by atoms with E-state index in [1.807, 2.05) is 0 Å². The molecule has 2 aliphatic rings. The molecule has 1 unspecified atom stereocenters. The average Bonchev–Trinajstić information content (AvgIpc) is 3.27. The van der Waals surface area contributed by atoms with Gasteiger partial charge >= 0.3 is 0 Å². The molecule has 0 nitrogen and oxygen atoms in total. The maximum absolute atomic E-state index is 2.35. The second kappa shape index (κ2) is 5.49. The topological polar surface area (TPSA) is 0 Å². The van der Waals surface area contributed by atoms with Crippen LogP contribution in [0.2, 0.25) is 0 Å². The SMILES string of the molecule is Cc1cccc2c1C1(c3ccccc3-2)c2ccccc2-c2ccc3ccccc3c21. The van der Waals surface area contributed by atoms with Gasteiger partial charge in [-0.1, -0.05) is 103 Å². The molecule has 0 aliphatic heterocycles. The van der Waals surface area contributed by atoms with Crippen LogP contribution >= 0.6 is 0 Å². The monoisotopic (exact) mass is 380 g/mol. The van der Waals surface area contributed by atoms with Crippen molar-refractivity contribution < 1.29 is 0 Å². The average molecular weight is 380 g/mol. The first-order valence-electron chi connectivity index (χ1n) is 10.6. The Labute approximate surface area is 176 Å². The summed E-state index contributed by atoms with van der Waals surface area (Å²) in [5, 5.41) is 2.67. The van der Waals surface area contributed by atoms with Crippen LogP contribution in [0.4, 0.5) is 0 Å². The van der Waals surface area contributed by atoms with Crippen molar-refractivity contribution in [3.8, 4) is 22.3 Å². The van der Waals surface area contributed by atoms with Crippen molar-refractivity contribution >= 4 is 10.8 Å². The predicted molar refractivity (Wildman–Crippen MR) is 125 cm³/mol. The summed E-state index contributed by atoms with van der Waals surface area (Å²) < 4.78 is 0. The molecule has 0 N–H and O–H groups in total. The van der Waals surface area contributed by atoms with Gasteiger partial charge in [0.1, 0.15) is 0 Å². The van der Waals surface area contributed by atoms with Crippen molar-refractivity contribution in [2.24, 2.45) is 0 Å². The van der Waals surface area contributed by atoms with Gasteiger partial charge in [-0.25, -0.2) is 0 Å². The fraction of sp³-hybridized carbons (Fsp3) is 0.0667. The molecular weight excluding hydrogens is 360 g/mol. The summed E-state index contributed by atoms with van der Waals surface area (Å²) >= 11 is 0. The Morgan fingerprint density at radius 1 is 0.467 bits per heavy atom. The Bertz CT molecular complexity index is 1490. The summed E-state index contributed by atoms with van der Waals surface area (Å²) in [5.41, 5.74) is 12.3. The molecule has 5 aromatic rings. The van der Waals surface area contributed by atoms with Gasteiger partial charge in [0.25, 0.3) is 0 Å². The first kappa shape index (κ1) is 16.2. The van der Waals surface area contributed by atoms with Crippen LogP contribution in [0.1, 0.15) is 27.8 Å². The van der Waals surface area contributed by atoms with Crippen molar-refractivity contribution in [2.75, 3.05) is 0 Å². The fourth-order valence-electron chi connectivity index (χ4n) is 6.19. The van der Waals surface area contributed by atoms with Crippen LogP contribution in [0.5, 0.6) is 0 Å². The molecule has 0 amide bonds. The van der Waals surface area contributed by atoms with E-state index in [1.54, 1.807) is 0 Å². The van der Waals surface area contributed by atoms with Crippen LogP contribution in [0.25, 0.3) is 33.0 Å². The summed E-state index contributed by atoms with van der Waals surface area (Å²) in [6, 6.07) is 38.3. The Morgan fingerprint density at radius 2 is 1.07 bits per heavy atom. The summed E-state index contributed by atoms with van der Waals surface area (Å²) in [6.07, 6.45) is 0. The van der Waals surface area contributed by atoms with Crippen LogP contribution in [-0.2, 0) is 5.41 Å². The van der Waals surface area contributed by atoms with E-state index in [9.17, 15) is 0 Å². The van der Waals surface area contributed by atoms with Crippen LogP contribution in [0.3, 0.4) is 0 Å². The molecule has 0 fully saturated rings. The molecule has 1 spiro atoms. The minimum absolute atomic E-state index is 0.260. The highest BCUT2D eigenvalue weighted by Crippen LogP contribution is 2.64. The van der Waals surface area contributed by atoms with Gasteiger partial charge < -0.3 is 0 Å². The highest BCUT2D eigenvalue weighted by Gasteiger charge is 2.52. The van der Waals surface area contributed by atoms with Crippen molar-refractivity contribution in [1.29, 1.82) is 0 Å². The van der Waals surface area contributed by atoms with E-state index in [-0.39, 0.29) is 5.41 Å². The lowest BCUT2D eigenvalue weighted by molar-refractivity contribution is 0.794. The molecule has 0 bridgehead atoms. The van der Waals surface area contributed by atoms with E-state index in [0.29, 0.717) is 0 Å². The minimum Gasteiger partial charge on any atom is -0.0619 e. The molecule has 0 saturated carbocycles. The van der Waals surface area contributed by atoms with E-state index in [0.717, 1.165) is 0 Å². The van der Waals surface area contributed by atoms with Gasteiger partial charge in [0, 0.05) is 0 Å². The normalized spacial score (nSPS) is 17.6. The van der Waals surface area contributed by atoms with E-state index >= 15 is 0 Å². The molecule has 0 heteroatoms. The molecule has 1 atom stereocenters. The minimum atomic E-state index is -0.260. The Kier molecular flexibility index (Phi) is 2.96. The zero-order chi connectivity index (χ0) is 19.9. The fourth-order valence-corrected chi connectivity index (χ4v) is 6.19. The Balaban J connectivity index is 1.80. The molecule has 5 aromatic carbocycles. The zero-order valence-corrected chi connectivity index (χ0v) is 16.8. The number of rotatable bonds is 0. The first-order valence-corrected chi connectivity index (χ1v) is 10.6. The summed E-state index contributed by atoms with van der Waals surface area (Å²) in [4.78, 5) is 0. The van der Waals surface area contributed by atoms with Gasteiger partial charge in [-0.3, -0.25) is 0 Å². The lowest BCUT2D eigenvalue weighted by Gasteiger charge is -2.32. The lowest BCUT2D eigenvalue weighted by Crippen LogP contribution is -2.27. The standard InChI is InChI=1S/C30H20/c1-19-9-8-14-24-22-12-4-6-15-26(22)30(28(19)24)27-16-7-5-13-23(27)25-18-17-20-10-2-3-11-21(20)29(25)30/h2-18H,1H3. The second-order valence-corrected chi connectivity index (χ2v) is 8.55. The summed E-state index contributed by atoms with van der Waals surface area (Å²) in [6.45, 7) is 2.28. The van der Waals surface area contributed by atoms with Gasteiger partial charge in [-0.15, -0.1) is 0 Å². The highest BCUT2D eigenvalue weighted by molar-refractivity contribution is 6.03. The van der Waals surface area contributed by atoms with E-state index in [1.165, 1.54) is 60.8 Å². The second-order valence-electron chi connectivity index (χ2n) is 8.55. The van der Waals surface area contributed by atoms with Crippen LogP contribution < -0.4 is 0 Å². The molecule has 0 saturated heterocycles. The molecule has 2 aliphatic carbocycles. The Hall–Kier alpha value is -3.64. The number of benzene rings is 5. The van der Waals surface area contributed by atoms with Crippen molar-refractivity contribution in [2.45, 2.75) is 12.3 Å². The van der Waals surface area contributed by atoms with Gasteiger partial charge in [0.15, 0.2) is 0 Å². The Morgan fingerprint density at radius 3 is 1.83 bits per heavy atom. The summed E-state index contributed by atoms with van der Waals surface area (Å²) in [7, 11) is 0. The predicted octanol–water partition coefficient (Wildman–Crippen LogP) is 7.49. The molecule has 0 aromatic heterocycles. The van der Waals surface area contributed by atoms with Gasteiger partial charge in [0.2, 0.25) is 0 Å². The number of hydrogen-bond donors (Lipinski definition) is 0. The lowest BCUT2D eigenvalue weighted by atomic mass is 9.68. The quantitative estimate of drug-likeness (QED) is 0.256. The van der Waals surface area contributed by atoms with E-state index in [4.69, 9.17) is 0 Å². The summed E-state index contributed by atoms with van der Waals surface area (Å²) in [5.74, 6) is 0. The van der Waals surface area contributed by atoms with E-state index < -0.39 is 0 Å². The molecule has 30 heavy (non-hydrogen) atoms. The van der Waals surface area contributed by atoms with Crippen molar-refractivity contribution in [1.82, 2.24) is 0 Å². The van der Waals surface area contributed by atoms with Gasteiger partial charge in [0.05, 0.1) is 5.41 Å². The number of fused-ring (bicyclic) bond motifs is 12. The molecule has 0 heterocycles. The number of hydrogen-bond acceptors (Lipinski definition) is 0. The van der Waals surface area contributed by atoms with Gasteiger partial charge in [-0.05, 0) is 67.8 Å². The largest absolute Gasteiger partial charge is 0.0734 e. The third-order valence-corrected chi connectivity index (χ3v) is 7.19. The molecule has 0 radical (unpaired) electrons. The maximum Gasteiger partial charge on any atom is 0.0734 e. The van der Waals surface area contributed by atoms with Crippen LogP contribution in [-0.4, -0.2) is 0 Å². The third-order valence-electron chi connectivity index (χ3n) is 7.19. The maximum atomic E-state index is 2.35. The zero-order valence-electron chi connectivity index (χ0n) is 16.8. The first-order chi connectivity index (χ1) is 14.8. The highest BCUT2D eigenvalue weighted by atomic mass is 14.5. The van der Waals surface area contributed by atoms with Crippen LogP contribution in [0.15, 0.2) is 103 Å². The van der Waals surface area contributed by atoms with E-state index in [2.05, 4.69) is 110 Å². The number of aryl methyl sites for hydroxylation is 1. The van der Waals surface area contributed by atoms with Crippen LogP contribution in [0, 0.1) is 6.92 Å². The smallest absolute Gasteiger partial charge is 0.0619 e. The van der Waals surface area contributed by atoms with Gasteiger partial charge in [-0.2, -0.15) is 0 Å². The third kappa shape index (κ3) is 1.70. The molecule has 7 rings (SSSR count). The van der Waals surface area contributed by atoms with Crippen molar-refractivity contribution in [3.05, 3.63) is 131 Å². The molecular formula is C30H20. The molecule has 140 valence electrons.